The van der Waals surface area contributed by atoms with Crippen molar-refractivity contribution >= 4 is 40.7 Å². The van der Waals surface area contributed by atoms with Gasteiger partial charge in [-0.1, -0.05) is 54.1 Å². The summed E-state index contributed by atoms with van der Waals surface area (Å²) in [6.45, 7) is 1.00. The van der Waals surface area contributed by atoms with Crippen LogP contribution >= 0.6 is 11.6 Å². The lowest BCUT2D eigenvalue weighted by Crippen LogP contribution is -2.44. The highest BCUT2D eigenvalue weighted by atomic mass is 35.5. The highest BCUT2D eigenvalue weighted by Crippen LogP contribution is 2.38. The molecule has 0 saturated carbocycles. The van der Waals surface area contributed by atoms with Crippen molar-refractivity contribution < 1.29 is 19.1 Å². The number of ether oxygens (including phenoxy) is 1. The monoisotopic (exact) mass is 460 g/mol. The van der Waals surface area contributed by atoms with Crippen molar-refractivity contribution in [3.63, 3.8) is 0 Å². The number of halogens is 1. The molecule has 3 amide bonds. The van der Waals surface area contributed by atoms with E-state index in [1.807, 2.05) is 30.3 Å². The van der Waals surface area contributed by atoms with E-state index >= 15 is 0 Å². The van der Waals surface area contributed by atoms with Crippen LogP contribution in [0.3, 0.4) is 0 Å². The van der Waals surface area contributed by atoms with Gasteiger partial charge in [-0.25, -0.2) is 4.90 Å². The fourth-order valence-corrected chi connectivity index (χ4v) is 4.81. The number of nitrogens with zero attached hydrogens (tertiary/aromatic N) is 1. The number of fused-ring (bicyclic) bond motifs is 1. The molecule has 2 aliphatic rings. The van der Waals surface area contributed by atoms with Gasteiger partial charge in [0.2, 0.25) is 5.91 Å². The van der Waals surface area contributed by atoms with Crippen LogP contribution in [0.5, 0.6) is 0 Å². The molecule has 3 aromatic rings. The highest BCUT2D eigenvalue weighted by molar-refractivity contribution is 6.40. The van der Waals surface area contributed by atoms with Crippen molar-refractivity contribution in [1.29, 1.82) is 0 Å². The molecular weight excluding hydrogens is 440 g/mol. The third kappa shape index (κ3) is 3.61. The van der Waals surface area contributed by atoms with Gasteiger partial charge in [-0.2, -0.15) is 0 Å². The lowest BCUT2D eigenvalue weighted by molar-refractivity contribution is -0.125. The van der Waals surface area contributed by atoms with Crippen LogP contribution in [0, 0.1) is 0 Å². The quantitative estimate of drug-likeness (QED) is 0.566. The second-order valence-corrected chi connectivity index (χ2v) is 8.58. The Hall–Kier alpha value is -3.48. The smallest absolute Gasteiger partial charge is 0.266 e. The fourth-order valence-electron chi connectivity index (χ4n) is 4.55. The minimum absolute atomic E-state index is 0.137. The van der Waals surface area contributed by atoms with E-state index < -0.39 is 17.2 Å². The number of benzene rings is 3. The summed E-state index contributed by atoms with van der Waals surface area (Å²) >= 11 is 6.49. The maximum absolute atomic E-state index is 13.5. The van der Waals surface area contributed by atoms with E-state index in [0.29, 0.717) is 42.9 Å². The van der Waals surface area contributed by atoms with Gasteiger partial charge in [0, 0.05) is 18.9 Å². The van der Waals surface area contributed by atoms with Crippen LogP contribution < -0.4 is 10.2 Å². The van der Waals surface area contributed by atoms with E-state index in [4.69, 9.17) is 16.3 Å². The number of hydrogen-bond donors (Lipinski definition) is 1. The van der Waals surface area contributed by atoms with E-state index in [9.17, 15) is 14.4 Å². The largest absolute Gasteiger partial charge is 0.381 e. The van der Waals surface area contributed by atoms with Crippen LogP contribution in [0.25, 0.3) is 0 Å². The van der Waals surface area contributed by atoms with E-state index in [2.05, 4.69) is 5.32 Å². The van der Waals surface area contributed by atoms with Crippen LogP contribution in [0.1, 0.15) is 39.1 Å². The van der Waals surface area contributed by atoms with Crippen LogP contribution in [0.15, 0.2) is 72.8 Å². The number of carbonyl (C=O) groups excluding carboxylic acids is 3. The Bertz CT molecular complexity index is 1220. The molecule has 0 spiro atoms. The van der Waals surface area contributed by atoms with E-state index in [1.165, 1.54) is 0 Å². The molecule has 0 unspecified atom stereocenters. The molecule has 3 aromatic carbocycles. The Kier molecular flexibility index (Phi) is 5.48. The third-order valence-corrected chi connectivity index (χ3v) is 6.65. The van der Waals surface area contributed by atoms with Gasteiger partial charge >= 0.3 is 0 Å². The predicted octanol–water partition coefficient (Wildman–Crippen LogP) is 4.83. The molecule has 2 aliphatic heterocycles. The topological polar surface area (TPSA) is 75.7 Å². The van der Waals surface area contributed by atoms with Crippen LogP contribution in [-0.2, 0) is 14.9 Å². The summed E-state index contributed by atoms with van der Waals surface area (Å²) in [4.78, 5) is 40.1. The Morgan fingerprint density at radius 2 is 1.48 bits per heavy atom. The second-order valence-electron chi connectivity index (χ2n) is 8.17. The standard InChI is InChI=1S/C26H21ClN2O4/c27-21-16-18(10-11-22(21)29-23(30)19-8-4-5-9-20(19)24(29)31)28-25(32)26(12-14-33-15-13-26)17-6-2-1-3-7-17/h1-11,16H,12-15H2,(H,28,32). The molecule has 0 aliphatic carbocycles. The molecule has 1 saturated heterocycles. The first kappa shape index (κ1) is 21.4. The first-order chi connectivity index (χ1) is 16.0. The summed E-state index contributed by atoms with van der Waals surface area (Å²) < 4.78 is 5.51. The maximum atomic E-state index is 13.5. The molecule has 0 atom stereocenters. The van der Waals surface area contributed by atoms with Gasteiger partial charge in [0.15, 0.2) is 0 Å². The van der Waals surface area contributed by atoms with Crippen LogP contribution in [0.4, 0.5) is 11.4 Å². The van der Waals surface area contributed by atoms with Crippen molar-refractivity contribution in [1.82, 2.24) is 0 Å². The molecule has 5 rings (SSSR count). The third-order valence-electron chi connectivity index (χ3n) is 6.35. The number of rotatable bonds is 4. The van der Waals surface area contributed by atoms with Gasteiger partial charge in [-0.15, -0.1) is 0 Å². The fraction of sp³-hybridized carbons (Fsp3) is 0.192. The van der Waals surface area contributed by atoms with Gasteiger partial charge in [0.1, 0.15) is 0 Å². The average molecular weight is 461 g/mol. The normalized spacial score (nSPS) is 17.1. The number of amides is 3. The zero-order valence-corrected chi connectivity index (χ0v) is 18.5. The molecule has 0 radical (unpaired) electrons. The molecule has 33 heavy (non-hydrogen) atoms. The van der Waals surface area contributed by atoms with Crippen molar-refractivity contribution in [2.75, 3.05) is 23.4 Å². The minimum atomic E-state index is -0.701. The molecule has 1 N–H and O–H groups in total. The number of carbonyl (C=O) groups is 3. The molecule has 2 heterocycles. The molecule has 1 fully saturated rings. The van der Waals surface area contributed by atoms with Gasteiger partial charge in [-0.05, 0) is 48.7 Å². The maximum Gasteiger partial charge on any atom is 0.266 e. The van der Waals surface area contributed by atoms with Crippen molar-refractivity contribution in [3.05, 3.63) is 94.5 Å². The number of nitrogens with one attached hydrogen (secondary N) is 1. The molecule has 0 aromatic heterocycles. The highest BCUT2D eigenvalue weighted by Gasteiger charge is 2.42. The van der Waals surface area contributed by atoms with Crippen LogP contribution in [-0.4, -0.2) is 30.9 Å². The van der Waals surface area contributed by atoms with Crippen LogP contribution in [0.2, 0.25) is 5.02 Å². The Morgan fingerprint density at radius 3 is 2.09 bits per heavy atom. The number of anilines is 2. The van der Waals surface area contributed by atoms with Gasteiger partial charge in [0.25, 0.3) is 11.8 Å². The van der Waals surface area contributed by atoms with Gasteiger partial charge in [-0.3, -0.25) is 14.4 Å². The van der Waals surface area contributed by atoms with Gasteiger partial charge in [0.05, 0.1) is 27.3 Å². The summed E-state index contributed by atoms with van der Waals surface area (Å²) in [5.41, 5.74) is 1.71. The molecule has 7 heteroatoms. The molecule has 166 valence electrons. The summed E-state index contributed by atoms with van der Waals surface area (Å²) in [5, 5.41) is 3.18. The van der Waals surface area contributed by atoms with Crippen molar-refractivity contribution in [2.24, 2.45) is 0 Å². The first-order valence-corrected chi connectivity index (χ1v) is 11.1. The summed E-state index contributed by atoms with van der Waals surface area (Å²) in [7, 11) is 0. The SMILES string of the molecule is O=C1c2ccccc2C(=O)N1c1ccc(NC(=O)C2(c3ccccc3)CCOCC2)cc1Cl. The number of imide groups is 1. The Balaban J connectivity index is 1.42. The second kappa shape index (κ2) is 8.46. The lowest BCUT2D eigenvalue weighted by Gasteiger charge is -2.36. The minimum Gasteiger partial charge on any atom is -0.381 e. The van der Waals surface area contributed by atoms with Crippen molar-refractivity contribution in [3.8, 4) is 0 Å². The summed E-state index contributed by atoms with van der Waals surface area (Å²) in [6, 6.07) is 21.2. The van der Waals surface area contributed by atoms with E-state index in [0.717, 1.165) is 10.5 Å². The predicted molar refractivity (Wildman–Crippen MR) is 126 cm³/mol. The van der Waals surface area contributed by atoms with Gasteiger partial charge < -0.3 is 10.1 Å². The molecular formula is C26H21ClN2O4. The summed E-state index contributed by atoms with van der Waals surface area (Å²) in [5.74, 6) is -0.972. The molecule has 0 bridgehead atoms. The molecule has 6 nitrogen and oxygen atoms in total. The van der Waals surface area contributed by atoms with E-state index in [1.54, 1.807) is 42.5 Å². The zero-order valence-electron chi connectivity index (χ0n) is 17.7. The first-order valence-electron chi connectivity index (χ1n) is 10.7. The number of hydrogen-bond acceptors (Lipinski definition) is 4. The Morgan fingerprint density at radius 1 is 0.879 bits per heavy atom. The zero-order chi connectivity index (χ0) is 23.0. The van der Waals surface area contributed by atoms with Crippen molar-refractivity contribution in [2.45, 2.75) is 18.3 Å². The Labute approximate surface area is 196 Å². The average Bonchev–Trinajstić information content (AvgIpc) is 3.10. The van der Waals surface area contributed by atoms with E-state index in [-0.39, 0.29) is 16.6 Å². The summed E-state index contributed by atoms with van der Waals surface area (Å²) in [6.07, 6.45) is 1.15. The lowest BCUT2D eigenvalue weighted by atomic mass is 9.73.